The summed E-state index contributed by atoms with van der Waals surface area (Å²) in [5.41, 5.74) is 1.23. The number of carbonyl (C=O) groups excluding carboxylic acids is 3. The van der Waals surface area contributed by atoms with E-state index >= 15 is 0 Å². The topological polar surface area (TPSA) is 94.8 Å². The molecule has 0 atom stereocenters. The highest BCUT2D eigenvalue weighted by Crippen LogP contribution is 2.26. The van der Waals surface area contributed by atoms with Gasteiger partial charge >= 0.3 is 5.97 Å². The number of amides is 2. The summed E-state index contributed by atoms with van der Waals surface area (Å²) in [7, 11) is 1.55. The molecule has 1 N–H and O–H groups in total. The number of rotatable bonds is 6. The van der Waals surface area contributed by atoms with Gasteiger partial charge in [-0.2, -0.15) is 0 Å². The first-order chi connectivity index (χ1) is 12.6. The van der Waals surface area contributed by atoms with Gasteiger partial charge < -0.3 is 13.9 Å². The van der Waals surface area contributed by atoms with Crippen molar-refractivity contribution in [2.75, 3.05) is 13.7 Å². The van der Waals surface area contributed by atoms with Crippen molar-refractivity contribution in [3.8, 4) is 5.75 Å². The van der Waals surface area contributed by atoms with Gasteiger partial charge in [0, 0.05) is 17.0 Å². The van der Waals surface area contributed by atoms with Crippen LogP contribution in [0.5, 0.6) is 5.75 Å². The molecule has 8 heteroatoms. The van der Waals surface area contributed by atoms with Crippen LogP contribution in [0.2, 0.25) is 0 Å². The normalized spacial score (nSPS) is 10.5. The van der Waals surface area contributed by atoms with Crippen LogP contribution in [0.4, 0.5) is 0 Å². The Balaban J connectivity index is 1.53. The molecule has 2 heterocycles. The fourth-order valence-electron chi connectivity index (χ4n) is 2.31. The van der Waals surface area contributed by atoms with E-state index in [1.54, 1.807) is 42.8 Å². The lowest BCUT2D eigenvalue weighted by atomic mass is 10.1. The minimum Gasteiger partial charge on any atom is -0.497 e. The summed E-state index contributed by atoms with van der Waals surface area (Å²) in [6.45, 7) is -0.528. The number of imide groups is 1. The number of fused-ring (bicyclic) bond motifs is 1. The number of benzene rings is 1. The van der Waals surface area contributed by atoms with Gasteiger partial charge in [-0.1, -0.05) is 6.07 Å². The molecule has 3 rings (SSSR count). The van der Waals surface area contributed by atoms with Crippen molar-refractivity contribution in [1.82, 2.24) is 5.32 Å². The molecule has 0 aliphatic rings. The standard InChI is InChI=1S/C18H15NO6S/c1-23-12-4-5-13-11(9-24-14(13)8-12)7-17(21)25-10-16(20)19-18(22)15-3-2-6-26-15/h2-6,8-9H,7,10H2,1H3,(H,19,20,22). The molecule has 0 fully saturated rings. The summed E-state index contributed by atoms with van der Waals surface area (Å²) in [5.74, 6) is -1.15. The Morgan fingerprint density at radius 1 is 1.23 bits per heavy atom. The Labute approximate surface area is 152 Å². The monoisotopic (exact) mass is 373 g/mol. The molecule has 0 saturated heterocycles. The van der Waals surface area contributed by atoms with E-state index in [2.05, 4.69) is 5.32 Å². The van der Waals surface area contributed by atoms with E-state index in [0.29, 0.717) is 21.8 Å². The number of hydrogen-bond donors (Lipinski definition) is 1. The predicted octanol–water partition coefficient (Wildman–Crippen LogP) is 2.55. The Bertz CT molecular complexity index is 944. The molecule has 0 saturated carbocycles. The number of ether oxygens (including phenoxy) is 2. The molecular formula is C18H15NO6S. The second-order valence-corrected chi connectivity index (χ2v) is 6.26. The molecular weight excluding hydrogens is 358 g/mol. The molecule has 2 aromatic heterocycles. The SMILES string of the molecule is COc1ccc2c(CC(=O)OCC(=O)NC(=O)c3cccs3)coc2c1. The first-order valence-corrected chi connectivity index (χ1v) is 8.52. The second kappa shape index (κ2) is 7.83. The van der Waals surface area contributed by atoms with Crippen LogP contribution in [0.3, 0.4) is 0 Å². The van der Waals surface area contributed by atoms with Gasteiger partial charge in [0.2, 0.25) is 0 Å². The number of esters is 1. The minimum atomic E-state index is -0.682. The van der Waals surface area contributed by atoms with Gasteiger partial charge in [-0.25, -0.2) is 0 Å². The Morgan fingerprint density at radius 3 is 2.81 bits per heavy atom. The lowest BCUT2D eigenvalue weighted by Crippen LogP contribution is -2.33. The second-order valence-electron chi connectivity index (χ2n) is 5.32. The van der Waals surface area contributed by atoms with E-state index in [9.17, 15) is 14.4 Å². The maximum Gasteiger partial charge on any atom is 0.310 e. The average molecular weight is 373 g/mol. The molecule has 0 radical (unpaired) electrons. The minimum absolute atomic E-state index is 0.0501. The number of nitrogens with one attached hydrogen (secondary N) is 1. The van der Waals surface area contributed by atoms with Crippen LogP contribution >= 0.6 is 11.3 Å². The van der Waals surface area contributed by atoms with Crippen molar-refractivity contribution >= 4 is 40.1 Å². The van der Waals surface area contributed by atoms with Gasteiger partial charge in [-0.05, 0) is 23.6 Å². The van der Waals surface area contributed by atoms with E-state index in [-0.39, 0.29) is 6.42 Å². The number of hydrogen-bond acceptors (Lipinski definition) is 7. The highest BCUT2D eigenvalue weighted by molar-refractivity contribution is 7.12. The molecule has 7 nitrogen and oxygen atoms in total. The maximum absolute atomic E-state index is 11.9. The first kappa shape index (κ1) is 17.7. The fraction of sp³-hybridized carbons (Fsp3) is 0.167. The quantitative estimate of drug-likeness (QED) is 0.667. The third-order valence-electron chi connectivity index (χ3n) is 3.56. The number of furan rings is 1. The van der Waals surface area contributed by atoms with Crippen molar-refractivity contribution in [2.24, 2.45) is 0 Å². The first-order valence-electron chi connectivity index (χ1n) is 7.64. The molecule has 26 heavy (non-hydrogen) atoms. The third kappa shape index (κ3) is 4.09. The van der Waals surface area contributed by atoms with Gasteiger partial charge in [0.15, 0.2) is 6.61 Å². The van der Waals surface area contributed by atoms with Crippen LogP contribution in [0, 0.1) is 0 Å². The van der Waals surface area contributed by atoms with Crippen molar-refractivity contribution < 1.29 is 28.3 Å². The van der Waals surface area contributed by atoms with Gasteiger partial charge in [0.1, 0.15) is 11.3 Å². The molecule has 0 bridgehead atoms. The van der Waals surface area contributed by atoms with Gasteiger partial charge in [0.05, 0.1) is 24.7 Å². The lowest BCUT2D eigenvalue weighted by Gasteiger charge is -2.05. The maximum atomic E-state index is 11.9. The Morgan fingerprint density at radius 2 is 2.08 bits per heavy atom. The van der Waals surface area contributed by atoms with Crippen LogP contribution in [0.25, 0.3) is 11.0 Å². The summed E-state index contributed by atoms with van der Waals surface area (Å²) in [5, 5.41) is 4.65. The molecule has 134 valence electrons. The van der Waals surface area contributed by atoms with Gasteiger partial charge in [-0.15, -0.1) is 11.3 Å². The van der Waals surface area contributed by atoms with Gasteiger partial charge in [0.25, 0.3) is 11.8 Å². The van der Waals surface area contributed by atoms with Crippen LogP contribution < -0.4 is 10.1 Å². The van der Waals surface area contributed by atoms with E-state index in [1.807, 2.05) is 0 Å². The van der Waals surface area contributed by atoms with Crippen LogP contribution in [0.15, 0.2) is 46.4 Å². The van der Waals surface area contributed by atoms with E-state index < -0.39 is 24.4 Å². The molecule has 0 aliphatic carbocycles. The molecule has 0 unspecified atom stereocenters. The third-order valence-corrected chi connectivity index (χ3v) is 4.43. The number of thiophene rings is 1. The van der Waals surface area contributed by atoms with E-state index in [1.165, 1.54) is 17.6 Å². The number of carbonyl (C=O) groups is 3. The number of methoxy groups -OCH3 is 1. The summed E-state index contributed by atoms with van der Waals surface area (Å²) >= 11 is 1.21. The Kier molecular flexibility index (Phi) is 5.33. The molecule has 1 aromatic carbocycles. The lowest BCUT2D eigenvalue weighted by molar-refractivity contribution is -0.147. The van der Waals surface area contributed by atoms with Gasteiger partial charge in [-0.3, -0.25) is 19.7 Å². The summed E-state index contributed by atoms with van der Waals surface area (Å²) in [4.78, 5) is 35.8. The van der Waals surface area contributed by atoms with Crippen LogP contribution in [-0.4, -0.2) is 31.5 Å². The van der Waals surface area contributed by atoms with Crippen molar-refractivity contribution in [3.63, 3.8) is 0 Å². The molecule has 3 aromatic rings. The largest absolute Gasteiger partial charge is 0.497 e. The highest BCUT2D eigenvalue weighted by atomic mass is 32.1. The highest BCUT2D eigenvalue weighted by Gasteiger charge is 2.15. The molecule has 0 spiro atoms. The zero-order valence-corrected chi connectivity index (χ0v) is 14.6. The zero-order valence-electron chi connectivity index (χ0n) is 13.8. The van der Waals surface area contributed by atoms with E-state index in [0.717, 1.165) is 5.39 Å². The smallest absolute Gasteiger partial charge is 0.310 e. The fourth-order valence-corrected chi connectivity index (χ4v) is 2.93. The van der Waals surface area contributed by atoms with Crippen molar-refractivity contribution in [1.29, 1.82) is 0 Å². The summed E-state index contributed by atoms with van der Waals surface area (Å²) in [6.07, 6.45) is 1.41. The zero-order chi connectivity index (χ0) is 18.5. The van der Waals surface area contributed by atoms with Crippen LogP contribution in [0.1, 0.15) is 15.2 Å². The summed E-state index contributed by atoms with van der Waals surface area (Å²) in [6, 6.07) is 8.56. The summed E-state index contributed by atoms with van der Waals surface area (Å²) < 4.78 is 15.4. The predicted molar refractivity (Wildman–Crippen MR) is 94.2 cm³/mol. The molecule has 2 amide bonds. The van der Waals surface area contributed by atoms with E-state index in [4.69, 9.17) is 13.9 Å². The average Bonchev–Trinajstić information content (AvgIpc) is 3.30. The Hall–Kier alpha value is -3.13. The van der Waals surface area contributed by atoms with Crippen LogP contribution in [-0.2, 0) is 20.7 Å². The van der Waals surface area contributed by atoms with Crippen molar-refractivity contribution in [3.05, 3.63) is 52.4 Å². The molecule has 0 aliphatic heterocycles. The van der Waals surface area contributed by atoms with Crippen molar-refractivity contribution in [2.45, 2.75) is 6.42 Å².